The number of carbonyl (C=O) groups is 2. The summed E-state index contributed by atoms with van der Waals surface area (Å²) >= 11 is 2.62. The number of hydrogen-bond donors (Lipinski definition) is 2. The quantitative estimate of drug-likeness (QED) is 0.434. The van der Waals surface area contributed by atoms with Gasteiger partial charge in [-0.05, 0) is 24.5 Å². The Morgan fingerprint density at radius 3 is 2.43 bits per heavy atom. The Hall–Kier alpha value is -3.50. The standard InChI is InChI=1S/C25H25N5O3S2/c1-3-19-29-30-25(35-19)26-18(31)15-34-24-27-21(16-11-7-5-8-12-16)20(23(32)33-4-2)22(28-24)17-13-9-6-10-14-17/h5-14,21H,3-4,15H2,1-2H3,(H,27,28)(H,26,30,31)/t21-/m1/s1. The van der Waals surface area contributed by atoms with Gasteiger partial charge in [0.25, 0.3) is 0 Å². The first-order valence-electron chi connectivity index (χ1n) is 11.2. The van der Waals surface area contributed by atoms with Gasteiger partial charge in [0.05, 0.1) is 23.6 Å². The lowest BCUT2D eigenvalue weighted by molar-refractivity contribution is -0.138. The highest BCUT2D eigenvalue weighted by Crippen LogP contribution is 2.36. The molecule has 35 heavy (non-hydrogen) atoms. The van der Waals surface area contributed by atoms with Gasteiger partial charge in [0, 0.05) is 0 Å². The average molecular weight is 508 g/mol. The number of benzene rings is 2. The van der Waals surface area contributed by atoms with Crippen molar-refractivity contribution in [3.8, 4) is 0 Å². The predicted octanol–water partition coefficient (Wildman–Crippen LogP) is 4.45. The summed E-state index contributed by atoms with van der Waals surface area (Å²) in [5, 5.41) is 16.0. The van der Waals surface area contributed by atoms with Gasteiger partial charge < -0.3 is 10.1 Å². The molecule has 1 atom stereocenters. The minimum atomic E-state index is -0.576. The molecule has 0 unspecified atom stereocenters. The summed E-state index contributed by atoms with van der Waals surface area (Å²) in [5.74, 6) is -0.525. The van der Waals surface area contributed by atoms with Crippen LogP contribution in [0.15, 0.2) is 71.2 Å². The first kappa shape index (κ1) is 24.6. The number of aromatic nitrogens is 2. The van der Waals surface area contributed by atoms with Crippen molar-refractivity contribution in [1.29, 1.82) is 0 Å². The van der Waals surface area contributed by atoms with E-state index in [1.807, 2.05) is 67.6 Å². The zero-order chi connectivity index (χ0) is 24.6. The highest BCUT2D eigenvalue weighted by Gasteiger charge is 2.32. The van der Waals surface area contributed by atoms with Crippen LogP contribution in [-0.2, 0) is 20.7 Å². The Balaban J connectivity index is 1.62. The number of nitrogens with zero attached hydrogens (tertiary/aromatic N) is 3. The van der Waals surface area contributed by atoms with Gasteiger partial charge in [-0.2, -0.15) is 0 Å². The van der Waals surface area contributed by atoms with Crippen molar-refractivity contribution < 1.29 is 14.3 Å². The van der Waals surface area contributed by atoms with Gasteiger partial charge in [-0.15, -0.1) is 10.2 Å². The average Bonchev–Trinajstić information content (AvgIpc) is 3.35. The molecule has 4 rings (SSSR count). The first-order valence-corrected chi connectivity index (χ1v) is 13.0. The van der Waals surface area contributed by atoms with E-state index in [0.29, 0.717) is 21.6 Å². The highest BCUT2D eigenvalue weighted by atomic mass is 32.2. The maximum Gasteiger partial charge on any atom is 0.338 e. The number of rotatable bonds is 8. The third-order valence-electron chi connectivity index (χ3n) is 5.05. The topological polar surface area (TPSA) is 106 Å². The van der Waals surface area contributed by atoms with Crippen LogP contribution < -0.4 is 10.6 Å². The number of amidine groups is 1. The lowest BCUT2D eigenvalue weighted by atomic mass is 9.94. The van der Waals surface area contributed by atoms with Crippen LogP contribution >= 0.6 is 23.1 Å². The van der Waals surface area contributed by atoms with E-state index in [4.69, 9.17) is 9.73 Å². The number of amides is 1. The SMILES string of the molecule is CCOC(=O)C1=C(c2ccccc2)NC(SCC(=O)Nc2nnc(CC)s2)=N[C@@H]1c1ccccc1. The van der Waals surface area contributed by atoms with E-state index in [1.54, 1.807) is 6.92 Å². The van der Waals surface area contributed by atoms with Crippen LogP contribution in [0.1, 0.15) is 36.0 Å². The monoisotopic (exact) mass is 507 g/mol. The summed E-state index contributed by atoms with van der Waals surface area (Å²) in [4.78, 5) is 30.5. The van der Waals surface area contributed by atoms with Crippen molar-refractivity contribution in [1.82, 2.24) is 15.5 Å². The molecule has 0 radical (unpaired) electrons. The third kappa shape index (κ3) is 6.14. The Morgan fingerprint density at radius 2 is 1.77 bits per heavy atom. The first-order chi connectivity index (χ1) is 17.1. The number of aryl methyl sites for hydroxylation is 1. The summed E-state index contributed by atoms with van der Waals surface area (Å²) in [6.45, 7) is 4.02. The number of nitrogens with one attached hydrogen (secondary N) is 2. The molecule has 0 spiro atoms. The van der Waals surface area contributed by atoms with E-state index >= 15 is 0 Å². The molecule has 1 aliphatic rings. The molecule has 0 bridgehead atoms. The number of aliphatic imine (C=N–C) groups is 1. The fourth-order valence-electron chi connectivity index (χ4n) is 3.47. The molecule has 0 aliphatic carbocycles. The molecule has 3 aromatic rings. The smallest absolute Gasteiger partial charge is 0.338 e. The zero-order valence-electron chi connectivity index (χ0n) is 19.4. The molecular formula is C25H25N5O3S2. The highest BCUT2D eigenvalue weighted by molar-refractivity contribution is 8.14. The summed E-state index contributed by atoms with van der Waals surface area (Å²) in [7, 11) is 0. The molecule has 0 fully saturated rings. The number of anilines is 1. The minimum Gasteiger partial charge on any atom is -0.463 e. The largest absolute Gasteiger partial charge is 0.463 e. The number of esters is 1. The van der Waals surface area contributed by atoms with Gasteiger partial charge in [0.2, 0.25) is 11.0 Å². The molecular weight excluding hydrogens is 482 g/mol. The van der Waals surface area contributed by atoms with E-state index < -0.39 is 12.0 Å². The third-order valence-corrected chi connectivity index (χ3v) is 6.92. The molecule has 2 N–H and O–H groups in total. The lowest BCUT2D eigenvalue weighted by Crippen LogP contribution is -2.31. The van der Waals surface area contributed by atoms with E-state index in [0.717, 1.165) is 22.6 Å². The van der Waals surface area contributed by atoms with Crippen molar-refractivity contribution in [2.75, 3.05) is 17.7 Å². The van der Waals surface area contributed by atoms with Crippen molar-refractivity contribution in [3.63, 3.8) is 0 Å². The number of ether oxygens (including phenoxy) is 1. The molecule has 10 heteroatoms. The van der Waals surface area contributed by atoms with Crippen LogP contribution in [0.4, 0.5) is 5.13 Å². The molecule has 0 saturated carbocycles. The van der Waals surface area contributed by atoms with E-state index in [9.17, 15) is 9.59 Å². The number of hydrogen-bond acceptors (Lipinski definition) is 9. The molecule has 2 aromatic carbocycles. The summed E-state index contributed by atoms with van der Waals surface area (Å²) in [5.41, 5.74) is 2.73. The van der Waals surface area contributed by atoms with E-state index in [1.165, 1.54) is 23.1 Å². The van der Waals surface area contributed by atoms with Gasteiger partial charge in [0.1, 0.15) is 11.0 Å². The Morgan fingerprint density at radius 1 is 1.06 bits per heavy atom. The summed E-state index contributed by atoms with van der Waals surface area (Å²) < 4.78 is 5.41. The van der Waals surface area contributed by atoms with Gasteiger partial charge in [-0.25, -0.2) is 9.79 Å². The van der Waals surface area contributed by atoms with Crippen LogP contribution in [-0.4, -0.2) is 39.6 Å². The van der Waals surface area contributed by atoms with Crippen LogP contribution in [0.5, 0.6) is 0 Å². The lowest BCUT2D eigenvalue weighted by Gasteiger charge is -2.27. The van der Waals surface area contributed by atoms with Crippen LogP contribution in [0, 0.1) is 0 Å². The molecule has 180 valence electrons. The maximum atomic E-state index is 13.1. The van der Waals surface area contributed by atoms with Gasteiger partial charge >= 0.3 is 5.97 Å². The maximum absolute atomic E-state index is 13.1. The second-order valence-electron chi connectivity index (χ2n) is 7.44. The molecule has 0 saturated heterocycles. The molecule has 1 amide bonds. The van der Waals surface area contributed by atoms with Gasteiger partial charge in [0.15, 0.2) is 5.17 Å². The van der Waals surface area contributed by atoms with Crippen LogP contribution in [0.25, 0.3) is 5.70 Å². The number of thioether (sulfide) groups is 1. The van der Waals surface area contributed by atoms with Gasteiger partial charge in [-0.1, -0.05) is 90.7 Å². The van der Waals surface area contributed by atoms with E-state index in [2.05, 4.69) is 20.8 Å². The van der Waals surface area contributed by atoms with Crippen molar-refractivity contribution >= 4 is 51.0 Å². The molecule has 1 aliphatic heterocycles. The molecule has 1 aromatic heterocycles. The predicted molar refractivity (Wildman–Crippen MR) is 140 cm³/mol. The summed E-state index contributed by atoms with van der Waals surface area (Å²) in [6, 6.07) is 18.6. The van der Waals surface area contributed by atoms with Crippen molar-refractivity contribution in [2.24, 2.45) is 4.99 Å². The molecule has 2 heterocycles. The fraction of sp³-hybridized carbons (Fsp3) is 0.240. The van der Waals surface area contributed by atoms with Crippen LogP contribution in [0.3, 0.4) is 0 Å². The Labute approximate surface area is 211 Å². The number of carbonyl (C=O) groups excluding carboxylic acids is 2. The van der Waals surface area contributed by atoms with E-state index in [-0.39, 0.29) is 18.3 Å². The molecule has 8 nitrogen and oxygen atoms in total. The second-order valence-corrected chi connectivity index (χ2v) is 9.47. The Bertz CT molecular complexity index is 1240. The minimum absolute atomic E-state index is 0.116. The fourth-order valence-corrected chi connectivity index (χ4v) is 4.86. The summed E-state index contributed by atoms with van der Waals surface area (Å²) in [6.07, 6.45) is 0.765. The second kappa shape index (κ2) is 11.8. The zero-order valence-corrected chi connectivity index (χ0v) is 21.0. The van der Waals surface area contributed by atoms with Crippen molar-refractivity contribution in [2.45, 2.75) is 26.3 Å². The Kier molecular flexibility index (Phi) is 8.27. The van der Waals surface area contributed by atoms with Crippen LogP contribution in [0.2, 0.25) is 0 Å². The van der Waals surface area contributed by atoms with Gasteiger partial charge in [-0.3, -0.25) is 10.1 Å². The van der Waals surface area contributed by atoms with Crippen molar-refractivity contribution in [3.05, 3.63) is 82.4 Å². The normalized spacial score (nSPS) is 15.3.